The van der Waals surface area contributed by atoms with Gasteiger partial charge in [-0.2, -0.15) is 5.26 Å². The minimum atomic E-state index is -1.04. The van der Waals surface area contributed by atoms with E-state index in [-0.39, 0.29) is 17.5 Å². The summed E-state index contributed by atoms with van der Waals surface area (Å²) in [5.74, 6) is -1.04. The number of benzene rings is 2. The summed E-state index contributed by atoms with van der Waals surface area (Å²) in [7, 11) is 0. The Kier molecular flexibility index (Phi) is 3.65. The van der Waals surface area contributed by atoms with Crippen molar-refractivity contribution in [2.75, 3.05) is 0 Å². The van der Waals surface area contributed by atoms with Crippen LogP contribution in [0.2, 0.25) is 0 Å². The number of H-pyrrole nitrogens is 1. The summed E-state index contributed by atoms with van der Waals surface area (Å²) in [5.41, 5.74) is 1.19. The van der Waals surface area contributed by atoms with Crippen LogP contribution >= 0.6 is 0 Å². The number of carboxylic acids is 1. The third-order valence-electron chi connectivity index (χ3n) is 3.73. The molecule has 0 spiro atoms. The van der Waals surface area contributed by atoms with Crippen molar-refractivity contribution in [3.05, 3.63) is 81.3 Å². The fourth-order valence-electron chi connectivity index (χ4n) is 2.66. The Morgan fingerprint density at radius 1 is 1.09 bits per heavy atom. The van der Waals surface area contributed by atoms with Crippen LogP contribution < -0.4 is 5.56 Å². The van der Waals surface area contributed by atoms with Crippen LogP contribution in [0.4, 0.5) is 0 Å². The first kappa shape index (κ1) is 14.5. The first-order valence-electron chi connectivity index (χ1n) is 6.97. The fourth-order valence-corrected chi connectivity index (χ4v) is 2.66. The molecule has 0 saturated heterocycles. The van der Waals surface area contributed by atoms with Gasteiger partial charge in [-0.3, -0.25) is 4.79 Å². The molecule has 3 rings (SSSR count). The quantitative estimate of drug-likeness (QED) is 0.778. The molecule has 2 aromatic carbocycles. The summed E-state index contributed by atoms with van der Waals surface area (Å²) < 4.78 is 0. The molecule has 1 heterocycles. The number of carboxylic acid groups (broad SMARTS) is 1. The number of pyridine rings is 1. The number of aromatic carboxylic acids is 1. The van der Waals surface area contributed by atoms with E-state index in [2.05, 4.69) is 11.1 Å². The summed E-state index contributed by atoms with van der Waals surface area (Å²) in [5, 5.41) is 19.7. The van der Waals surface area contributed by atoms with Crippen molar-refractivity contribution in [2.24, 2.45) is 0 Å². The number of hydrogen-bond donors (Lipinski definition) is 2. The predicted octanol–water partition coefficient (Wildman–Crippen LogP) is 2.69. The summed E-state index contributed by atoms with van der Waals surface area (Å²) in [6.07, 6.45) is 0.172. The van der Waals surface area contributed by atoms with Gasteiger partial charge in [-0.15, -0.1) is 0 Å². The van der Waals surface area contributed by atoms with E-state index in [0.717, 1.165) is 0 Å². The molecule has 0 unspecified atom stereocenters. The van der Waals surface area contributed by atoms with E-state index in [4.69, 9.17) is 0 Å². The number of nitrogens with one attached hydrogen (secondary N) is 1. The number of aromatic amines is 1. The number of nitriles is 1. The van der Waals surface area contributed by atoms with Gasteiger partial charge in [0.1, 0.15) is 6.07 Å². The molecular formula is C18H12N2O3. The van der Waals surface area contributed by atoms with Crippen LogP contribution in [-0.2, 0) is 6.42 Å². The molecule has 0 atom stereocenters. The summed E-state index contributed by atoms with van der Waals surface area (Å²) in [6.45, 7) is 0. The highest BCUT2D eigenvalue weighted by molar-refractivity contribution is 5.90. The van der Waals surface area contributed by atoms with Crippen LogP contribution in [0, 0.1) is 11.3 Å². The van der Waals surface area contributed by atoms with Crippen molar-refractivity contribution < 1.29 is 9.90 Å². The Morgan fingerprint density at radius 2 is 1.74 bits per heavy atom. The summed E-state index contributed by atoms with van der Waals surface area (Å²) in [4.78, 5) is 26.2. The monoisotopic (exact) mass is 304 g/mol. The largest absolute Gasteiger partial charge is 0.478 e. The minimum Gasteiger partial charge on any atom is -0.478 e. The van der Waals surface area contributed by atoms with Gasteiger partial charge in [0, 0.05) is 22.9 Å². The van der Waals surface area contributed by atoms with Crippen LogP contribution in [0.15, 0.2) is 53.3 Å². The zero-order valence-corrected chi connectivity index (χ0v) is 12.0. The maximum atomic E-state index is 12.2. The molecule has 5 heteroatoms. The SMILES string of the molecule is N#Cc1c(Cc2ccccc2C(=O)O)[nH]c(=O)c2ccccc12. The number of nitrogens with zero attached hydrogens (tertiary/aromatic N) is 1. The maximum Gasteiger partial charge on any atom is 0.335 e. The van der Waals surface area contributed by atoms with Crippen molar-refractivity contribution in [1.82, 2.24) is 4.98 Å². The lowest BCUT2D eigenvalue weighted by Gasteiger charge is -2.09. The highest BCUT2D eigenvalue weighted by Gasteiger charge is 2.15. The van der Waals surface area contributed by atoms with Gasteiger partial charge >= 0.3 is 5.97 Å². The number of rotatable bonds is 3. The summed E-state index contributed by atoms with van der Waals surface area (Å²) >= 11 is 0. The molecule has 0 aliphatic rings. The van der Waals surface area contributed by atoms with Crippen molar-refractivity contribution in [3.8, 4) is 6.07 Å². The Bertz CT molecular complexity index is 1010. The van der Waals surface area contributed by atoms with Crippen LogP contribution in [0.5, 0.6) is 0 Å². The van der Waals surface area contributed by atoms with Gasteiger partial charge in [0.15, 0.2) is 0 Å². The molecule has 0 aliphatic carbocycles. The first-order chi connectivity index (χ1) is 11.1. The van der Waals surface area contributed by atoms with Crippen LogP contribution in [0.25, 0.3) is 10.8 Å². The molecule has 2 N–H and O–H groups in total. The van der Waals surface area contributed by atoms with Crippen molar-refractivity contribution in [1.29, 1.82) is 5.26 Å². The molecule has 0 saturated carbocycles. The third-order valence-corrected chi connectivity index (χ3v) is 3.73. The molecule has 1 aromatic heterocycles. The average molecular weight is 304 g/mol. The van der Waals surface area contributed by atoms with Crippen molar-refractivity contribution >= 4 is 16.7 Å². The van der Waals surface area contributed by atoms with E-state index >= 15 is 0 Å². The van der Waals surface area contributed by atoms with E-state index in [1.165, 1.54) is 6.07 Å². The second kappa shape index (κ2) is 5.78. The number of aromatic nitrogens is 1. The first-order valence-corrected chi connectivity index (χ1v) is 6.97. The standard InChI is InChI=1S/C18H12N2O3/c19-10-15-13-7-3-4-8-14(13)17(21)20-16(15)9-11-5-1-2-6-12(11)18(22)23/h1-8H,9H2,(H,20,21)(H,22,23). The predicted molar refractivity (Wildman–Crippen MR) is 85.5 cm³/mol. The van der Waals surface area contributed by atoms with Crippen molar-refractivity contribution in [3.63, 3.8) is 0 Å². The molecule has 0 radical (unpaired) electrons. The second-order valence-electron chi connectivity index (χ2n) is 5.10. The molecule has 112 valence electrons. The molecule has 5 nitrogen and oxygen atoms in total. The third kappa shape index (κ3) is 2.58. The molecule has 0 amide bonds. The zero-order valence-electron chi connectivity index (χ0n) is 12.0. The Morgan fingerprint density at radius 3 is 2.43 bits per heavy atom. The topological polar surface area (TPSA) is 93.9 Å². The van der Waals surface area contributed by atoms with E-state index in [1.54, 1.807) is 42.5 Å². The second-order valence-corrected chi connectivity index (χ2v) is 5.10. The summed E-state index contributed by atoms with van der Waals surface area (Å²) in [6, 6.07) is 15.5. The molecule has 3 aromatic rings. The van der Waals surface area contributed by atoms with Gasteiger partial charge < -0.3 is 10.1 Å². The van der Waals surface area contributed by atoms with Gasteiger partial charge in [-0.25, -0.2) is 4.79 Å². The van der Waals surface area contributed by atoms with Gasteiger partial charge in [-0.1, -0.05) is 36.4 Å². The van der Waals surface area contributed by atoms with Gasteiger partial charge in [0.05, 0.1) is 11.1 Å². The Hall–Kier alpha value is -3.39. The number of fused-ring (bicyclic) bond motifs is 1. The number of hydrogen-bond acceptors (Lipinski definition) is 3. The van der Waals surface area contributed by atoms with E-state index < -0.39 is 5.97 Å². The van der Waals surface area contributed by atoms with Crippen LogP contribution in [0.1, 0.15) is 27.2 Å². The minimum absolute atomic E-state index is 0.158. The van der Waals surface area contributed by atoms with Crippen LogP contribution in [0.3, 0.4) is 0 Å². The molecule has 0 fully saturated rings. The maximum absolute atomic E-state index is 12.2. The lowest BCUT2D eigenvalue weighted by atomic mass is 9.98. The van der Waals surface area contributed by atoms with Gasteiger partial charge in [-0.05, 0) is 17.7 Å². The zero-order chi connectivity index (χ0) is 16.4. The van der Waals surface area contributed by atoms with E-state index in [9.17, 15) is 20.0 Å². The molecular weight excluding hydrogens is 292 g/mol. The van der Waals surface area contributed by atoms with Gasteiger partial charge in [0.25, 0.3) is 5.56 Å². The van der Waals surface area contributed by atoms with E-state index in [0.29, 0.717) is 27.6 Å². The lowest BCUT2D eigenvalue weighted by Crippen LogP contribution is -2.13. The molecule has 0 aliphatic heterocycles. The van der Waals surface area contributed by atoms with Crippen LogP contribution in [-0.4, -0.2) is 16.1 Å². The van der Waals surface area contributed by atoms with Crippen molar-refractivity contribution in [2.45, 2.75) is 6.42 Å². The fraction of sp³-hybridized carbons (Fsp3) is 0.0556. The Labute approximate surface area is 131 Å². The molecule has 0 bridgehead atoms. The highest BCUT2D eigenvalue weighted by atomic mass is 16.4. The molecule has 23 heavy (non-hydrogen) atoms. The normalized spacial score (nSPS) is 10.4. The van der Waals surface area contributed by atoms with Gasteiger partial charge in [0.2, 0.25) is 0 Å². The lowest BCUT2D eigenvalue weighted by molar-refractivity contribution is 0.0696. The highest BCUT2D eigenvalue weighted by Crippen LogP contribution is 2.21. The average Bonchev–Trinajstić information content (AvgIpc) is 2.55. The van der Waals surface area contributed by atoms with E-state index in [1.807, 2.05) is 0 Å². The Balaban J connectivity index is 2.21. The smallest absolute Gasteiger partial charge is 0.335 e. The number of carbonyl (C=O) groups is 1.